The van der Waals surface area contributed by atoms with Crippen LogP contribution in [0.2, 0.25) is 0 Å². The van der Waals surface area contributed by atoms with Crippen molar-refractivity contribution in [1.82, 2.24) is 4.90 Å². The van der Waals surface area contributed by atoms with Gasteiger partial charge in [0.25, 0.3) is 0 Å². The third-order valence-electron chi connectivity index (χ3n) is 2.32. The molecular weight excluding hydrogens is 122 g/mol. The van der Waals surface area contributed by atoms with Crippen molar-refractivity contribution >= 4 is 0 Å². The molecule has 58 valence electrons. The molecule has 1 fully saturated rings. The van der Waals surface area contributed by atoms with Crippen LogP contribution in [0.5, 0.6) is 0 Å². The van der Waals surface area contributed by atoms with E-state index in [-0.39, 0.29) is 0 Å². The fourth-order valence-electron chi connectivity index (χ4n) is 1.39. The average molecular weight is 139 g/mol. The molecule has 0 aromatic heterocycles. The van der Waals surface area contributed by atoms with E-state index in [1.54, 1.807) is 0 Å². The zero-order valence-corrected chi connectivity index (χ0v) is 7.06. The Morgan fingerprint density at radius 1 is 1.40 bits per heavy atom. The van der Waals surface area contributed by atoms with Crippen LogP contribution >= 0.6 is 0 Å². The van der Waals surface area contributed by atoms with E-state index < -0.39 is 0 Å². The lowest BCUT2D eigenvalue weighted by molar-refractivity contribution is 0.238. The molecule has 0 bridgehead atoms. The standard InChI is InChI=1S/C9H17N/c1-8(2)10-6-4-9(3)5-7-10/h9H,1,4-7H2,2-3H3. The molecule has 0 saturated carbocycles. The van der Waals surface area contributed by atoms with Gasteiger partial charge in [0.2, 0.25) is 0 Å². The van der Waals surface area contributed by atoms with Gasteiger partial charge in [-0.1, -0.05) is 13.5 Å². The second-order valence-corrected chi connectivity index (χ2v) is 3.40. The number of likely N-dealkylation sites (tertiary alicyclic amines) is 1. The molecule has 0 aromatic rings. The Morgan fingerprint density at radius 2 is 1.90 bits per heavy atom. The first-order valence-electron chi connectivity index (χ1n) is 4.10. The Bertz CT molecular complexity index is 121. The molecule has 1 rings (SSSR count). The first-order valence-corrected chi connectivity index (χ1v) is 4.10. The fourth-order valence-corrected chi connectivity index (χ4v) is 1.39. The van der Waals surface area contributed by atoms with Crippen LogP contribution in [0.3, 0.4) is 0 Å². The molecule has 10 heavy (non-hydrogen) atoms. The van der Waals surface area contributed by atoms with Crippen molar-refractivity contribution in [2.45, 2.75) is 26.7 Å². The van der Waals surface area contributed by atoms with E-state index >= 15 is 0 Å². The van der Waals surface area contributed by atoms with Gasteiger partial charge in [-0.3, -0.25) is 0 Å². The largest absolute Gasteiger partial charge is 0.376 e. The number of piperidine rings is 1. The molecule has 1 aliphatic rings. The maximum Gasteiger partial charge on any atom is 0.0177 e. The summed E-state index contributed by atoms with van der Waals surface area (Å²) >= 11 is 0. The number of allylic oxidation sites excluding steroid dienone is 1. The normalized spacial score (nSPS) is 21.2. The highest BCUT2D eigenvalue weighted by molar-refractivity contribution is 4.90. The van der Waals surface area contributed by atoms with Gasteiger partial charge in [0.15, 0.2) is 0 Å². The minimum absolute atomic E-state index is 0.926. The predicted molar refractivity (Wildman–Crippen MR) is 44.8 cm³/mol. The quantitative estimate of drug-likeness (QED) is 0.538. The van der Waals surface area contributed by atoms with Gasteiger partial charge in [-0.2, -0.15) is 0 Å². The Kier molecular flexibility index (Phi) is 2.36. The molecule has 1 saturated heterocycles. The molecule has 0 aliphatic carbocycles. The van der Waals surface area contributed by atoms with Crippen molar-refractivity contribution in [3.8, 4) is 0 Å². The summed E-state index contributed by atoms with van der Waals surface area (Å²) in [6, 6.07) is 0. The van der Waals surface area contributed by atoms with Crippen LogP contribution in [-0.2, 0) is 0 Å². The van der Waals surface area contributed by atoms with E-state index in [0.717, 1.165) is 5.92 Å². The average Bonchev–Trinajstić information content (AvgIpc) is 1.88. The van der Waals surface area contributed by atoms with Crippen LogP contribution in [0, 0.1) is 5.92 Å². The van der Waals surface area contributed by atoms with Crippen molar-refractivity contribution in [3.05, 3.63) is 12.3 Å². The van der Waals surface area contributed by atoms with Crippen LogP contribution < -0.4 is 0 Å². The molecule has 0 atom stereocenters. The predicted octanol–water partition coefficient (Wildman–Crippen LogP) is 2.25. The number of hydrogen-bond donors (Lipinski definition) is 0. The molecule has 0 N–H and O–H groups in total. The van der Waals surface area contributed by atoms with E-state index in [1.807, 2.05) is 0 Å². The van der Waals surface area contributed by atoms with E-state index in [2.05, 4.69) is 25.3 Å². The minimum atomic E-state index is 0.926. The SMILES string of the molecule is C=C(C)N1CCC(C)CC1. The van der Waals surface area contributed by atoms with Crippen LogP contribution in [0.1, 0.15) is 26.7 Å². The third-order valence-corrected chi connectivity index (χ3v) is 2.32. The summed E-state index contributed by atoms with van der Waals surface area (Å²) in [6.07, 6.45) is 2.68. The molecule has 1 nitrogen and oxygen atoms in total. The molecule has 0 radical (unpaired) electrons. The van der Waals surface area contributed by atoms with Crippen LogP contribution in [0.4, 0.5) is 0 Å². The maximum absolute atomic E-state index is 3.93. The van der Waals surface area contributed by atoms with Crippen LogP contribution in [0.15, 0.2) is 12.3 Å². The second-order valence-electron chi connectivity index (χ2n) is 3.40. The summed E-state index contributed by atoms with van der Waals surface area (Å²) in [7, 11) is 0. The molecule has 0 aromatic carbocycles. The summed E-state index contributed by atoms with van der Waals surface area (Å²) in [5.74, 6) is 0.926. The van der Waals surface area contributed by atoms with E-state index in [1.165, 1.54) is 31.6 Å². The highest BCUT2D eigenvalue weighted by Gasteiger charge is 2.13. The summed E-state index contributed by atoms with van der Waals surface area (Å²) in [6.45, 7) is 10.8. The van der Waals surface area contributed by atoms with Crippen molar-refractivity contribution in [3.63, 3.8) is 0 Å². The maximum atomic E-state index is 3.93. The van der Waals surface area contributed by atoms with Crippen LogP contribution in [0.25, 0.3) is 0 Å². The monoisotopic (exact) mass is 139 g/mol. The number of rotatable bonds is 1. The minimum Gasteiger partial charge on any atom is -0.376 e. The van der Waals surface area contributed by atoms with E-state index in [0.29, 0.717) is 0 Å². The summed E-state index contributed by atoms with van der Waals surface area (Å²) < 4.78 is 0. The van der Waals surface area contributed by atoms with E-state index in [4.69, 9.17) is 0 Å². The van der Waals surface area contributed by atoms with Gasteiger partial charge in [0.1, 0.15) is 0 Å². The van der Waals surface area contributed by atoms with Crippen molar-refractivity contribution in [2.24, 2.45) is 5.92 Å². The Morgan fingerprint density at radius 3 is 2.30 bits per heavy atom. The summed E-state index contributed by atoms with van der Waals surface area (Å²) in [5, 5.41) is 0. The first kappa shape index (κ1) is 7.64. The topological polar surface area (TPSA) is 3.24 Å². The lowest BCUT2D eigenvalue weighted by atomic mass is 9.99. The lowest BCUT2D eigenvalue weighted by Gasteiger charge is -2.32. The van der Waals surface area contributed by atoms with Gasteiger partial charge < -0.3 is 4.90 Å². The zero-order valence-electron chi connectivity index (χ0n) is 7.06. The number of nitrogens with zero attached hydrogens (tertiary/aromatic N) is 1. The van der Waals surface area contributed by atoms with Gasteiger partial charge in [-0.15, -0.1) is 0 Å². The Hall–Kier alpha value is -0.460. The molecule has 0 spiro atoms. The van der Waals surface area contributed by atoms with Gasteiger partial charge in [-0.05, 0) is 25.7 Å². The summed E-state index contributed by atoms with van der Waals surface area (Å²) in [4.78, 5) is 2.38. The first-order chi connectivity index (χ1) is 4.70. The highest BCUT2D eigenvalue weighted by atomic mass is 15.1. The van der Waals surface area contributed by atoms with Gasteiger partial charge in [0.05, 0.1) is 0 Å². The molecule has 0 amide bonds. The second kappa shape index (κ2) is 3.09. The molecular formula is C9H17N. The van der Waals surface area contributed by atoms with Crippen molar-refractivity contribution < 1.29 is 0 Å². The van der Waals surface area contributed by atoms with E-state index in [9.17, 15) is 0 Å². The molecule has 1 aliphatic heterocycles. The molecule has 1 heteroatoms. The number of hydrogen-bond acceptors (Lipinski definition) is 1. The zero-order chi connectivity index (χ0) is 7.56. The van der Waals surface area contributed by atoms with Gasteiger partial charge >= 0.3 is 0 Å². The van der Waals surface area contributed by atoms with Gasteiger partial charge in [0, 0.05) is 18.8 Å². The molecule has 1 heterocycles. The van der Waals surface area contributed by atoms with Gasteiger partial charge in [-0.25, -0.2) is 0 Å². The molecule has 0 unspecified atom stereocenters. The Balaban J connectivity index is 2.33. The lowest BCUT2D eigenvalue weighted by Crippen LogP contribution is -2.30. The Labute approximate surface area is 63.7 Å². The van der Waals surface area contributed by atoms with Crippen LogP contribution in [-0.4, -0.2) is 18.0 Å². The smallest absolute Gasteiger partial charge is 0.0177 e. The highest BCUT2D eigenvalue weighted by Crippen LogP contribution is 2.18. The fraction of sp³-hybridized carbons (Fsp3) is 0.778. The van der Waals surface area contributed by atoms with Crippen molar-refractivity contribution in [1.29, 1.82) is 0 Å². The third kappa shape index (κ3) is 1.76. The summed E-state index contributed by atoms with van der Waals surface area (Å²) in [5.41, 5.74) is 1.23. The van der Waals surface area contributed by atoms with Crippen molar-refractivity contribution in [2.75, 3.05) is 13.1 Å².